The van der Waals surface area contributed by atoms with E-state index in [1.807, 2.05) is 18.2 Å². The van der Waals surface area contributed by atoms with Gasteiger partial charge in [0.2, 0.25) is 0 Å². The van der Waals surface area contributed by atoms with Crippen LogP contribution in [0.4, 0.5) is 17.1 Å². The molecular weight excluding hydrogens is 623 g/mol. The summed E-state index contributed by atoms with van der Waals surface area (Å²) in [6, 6.07) is 66.2. The Bertz CT molecular complexity index is 2750. The molecule has 240 valence electrons. The fourth-order valence-corrected chi connectivity index (χ4v) is 7.34. The largest absolute Gasteiger partial charge is 0.456 e. The average molecular weight is 654 g/mol. The minimum absolute atomic E-state index is 0.842. The Balaban J connectivity index is 1.20. The molecule has 0 amide bonds. The maximum atomic E-state index is 6.74. The van der Waals surface area contributed by atoms with Crippen LogP contribution in [0.25, 0.3) is 77.3 Å². The summed E-state index contributed by atoms with van der Waals surface area (Å²) in [7, 11) is 0. The molecule has 0 aliphatic rings. The van der Waals surface area contributed by atoms with Gasteiger partial charge in [-0.05, 0) is 94.0 Å². The van der Waals surface area contributed by atoms with Crippen LogP contribution in [-0.2, 0) is 0 Å². The summed E-state index contributed by atoms with van der Waals surface area (Å²) in [6.07, 6.45) is 0. The van der Waals surface area contributed by atoms with E-state index in [1.165, 1.54) is 22.3 Å². The molecule has 0 atom stereocenters. The molecule has 0 saturated carbocycles. The van der Waals surface area contributed by atoms with Gasteiger partial charge in [0.15, 0.2) is 5.58 Å². The van der Waals surface area contributed by atoms with Crippen LogP contribution in [0.15, 0.2) is 197 Å². The first-order chi connectivity index (χ1) is 25.3. The quantitative estimate of drug-likeness (QED) is 0.179. The van der Waals surface area contributed by atoms with E-state index in [4.69, 9.17) is 8.83 Å². The number of benzene rings is 8. The normalized spacial score (nSPS) is 11.5. The van der Waals surface area contributed by atoms with Crippen LogP contribution in [-0.4, -0.2) is 0 Å². The third-order valence-electron chi connectivity index (χ3n) is 9.87. The number of fused-ring (bicyclic) bond motifs is 6. The summed E-state index contributed by atoms with van der Waals surface area (Å²) in [6.45, 7) is 0. The van der Waals surface area contributed by atoms with Crippen molar-refractivity contribution in [1.29, 1.82) is 0 Å². The van der Waals surface area contributed by atoms with Gasteiger partial charge in [-0.15, -0.1) is 0 Å². The number of para-hydroxylation sites is 2. The third kappa shape index (κ3) is 5.06. The van der Waals surface area contributed by atoms with Gasteiger partial charge in [0.1, 0.15) is 16.7 Å². The van der Waals surface area contributed by atoms with E-state index in [0.717, 1.165) is 72.1 Å². The van der Waals surface area contributed by atoms with E-state index in [9.17, 15) is 0 Å². The molecule has 0 radical (unpaired) electrons. The molecule has 0 fully saturated rings. The van der Waals surface area contributed by atoms with Gasteiger partial charge in [-0.25, -0.2) is 0 Å². The van der Waals surface area contributed by atoms with E-state index in [1.54, 1.807) is 0 Å². The molecule has 0 N–H and O–H groups in total. The summed E-state index contributed by atoms with van der Waals surface area (Å²) in [5, 5.41) is 4.38. The summed E-state index contributed by atoms with van der Waals surface area (Å²) in [5.41, 5.74) is 13.5. The fourth-order valence-electron chi connectivity index (χ4n) is 7.34. The summed E-state index contributed by atoms with van der Waals surface area (Å²) < 4.78 is 12.9. The molecule has 0 aliphatic carbocycles. The molecule has 0 saturated heterocycles. The van der Waals surface area contributed by atoms with Gasteiger partial charge in [-0.3, -0.25) is 0 Å². The minimum Gasteiger partial charge on any atom is -0.456 e. The Morgan fingerprint density at radius 3 is 1.35 bits per heavy atom. The van der Waals surface area contributed by atoms with Gasteiger partial charge in [0.25, 0.3) is 0 Å². The van der Waals surface area contributed by atoms with Crippen molar-refractivity contribution in [3.8, 4) is 33.4 Å². The van der Waals surface area contributed by atoms with Crippen molar-refractivity contribution in [3.05, 3.63) is 188 Å². The summed E-state index contributed by atoms with van der Waals surface area (Å²) in [4.78, 5) is 2.32. The highest BCUT2D eigenvalue weighted by molar-refractivity contribution is 6.13. The molecule has 0 spiro atoms. The second-order valence-corrected chi connectivity index (χ2v) is 12.9. The van der Waals surface area contributed by atoms with Crippen molar-refractivity contribution in [3.63, 3.8) is 0 Å². The Morgan fingerprint density at radius 2 is 0.745 bits per heavy atom. The van der Waals surface area contributed by atoms with Crippen molar-refractivity contribution >= 4 is 60.9 Å². The van der Waals surface area contributed by atoms with Gasteiger partial charge < -0.3 is 13.7 Å². The number of furan rings is 2. The smallest absolute Gasteiger partial charge is 0.159 e. The molecule has 0 unspecified atom stereocenters. The minimum atomic E-state index is 0.842. The molecule has 8 aromatic carbocycles. The summed E-state index contributed by atoms with van der Waals surface area (Å²) >= 11 is 0. The number of nitrogens with zero attached hydrogens (tertiary/aromatic N) is 1. The lowest BCUT2D eigenvalue weighted by atomic mass is 9.98. The van der Waals surface area contributed by atoms with E-state index in [-0.39, 0.29) is 0 Å². The maximum Gasteiger partial charge on any atom is 0.159 e. The lowest BCUT2D eigenvalue weighted by Gasteiger charge is -2.26. The predicted molar refractivity (Wildman–Crippen MR) is 212 cm³/mol. The second kappa shape index (κ2) is 11.9. The van der Waals surface area contributed by atoms with Gasteiger partial charge >= 0.3 is 0 Å². The lowest BCUT2D eigenvalue weighted by molar-refractivity contribution is 0.668. The molecule has 0 aliphatic heterocycles. The van der Waals surface area contributed by atoms with Gasteiger partial charge in [0.05, 0.1) is 5.69 Å². The molecule has 10 aromatic rings. The highest BCUT2D eigenvalue weighted by Gasteiger charge is 2.22. The van der Waals surface area contributed by atoms with Crippen LogP contribution in [0.5, 0.6) is 0 Å². The monoisotopic (exact) mass is 653 g/mol. The van der Waals surface area contributed by atoms with Crippen LogP contribution in [0, 0.1) is 0 Å². The van der Waals surface area contributed by atoms with Crippen LogP contribution in [0.2, 0.25) is 0 Å². The molecular formula is C48H31NO2. The van der Waals surface area contributed by atoms with E-state index >= 15 is 0 Å². The first kappa shape index (κ1) is 29.1. The summed E-state index contributed by atoms with van der Waals surface area (Å²) in [5.74, 6) is 0. The Hall–Kier alpha value is -6.84. The first-order valence-corrected chi connectivity index (χ1v) is 17.2. The zero-order valence-corrected chi connectivity index (χ0v) is 27.7. The van der Waals surface area contributed by atoms with Crippen LogP contribution in [0.3, 0.4) is 0 Å². The molecule has 2 aromatic heterocycles. The van der Waals surface area contributed by atoms with E-state index in [0.29, 0.717) is 0 Å². The Kier molecular flexibility index (Phi) is 6.81. The maximum absolute atomic E-state index is 6.74. The van der Waals surface area contributed by atoms with Gasteiger partial charge in [-0.2, -0.15) is 0 Å². The van der Waals surface area contributed by atoms with Crippen molar-refractivity contribution in [1.82, 2.24) is 0 Å². The van der Waals surface area contributed by atoms with E-state index in [2.05, 4.69) is 175 Å². The Morgan fingerprint density at radius 1 is 0.294 bits per heavy atom. The van der Waals surface area contributed by atoms with Crippen molar-refractivity contribution in [2.45, 2.75) is 0 Å². The fraction of sp³-hybridized carbons (Fsp3) is 0. The van der Waals surface area contributed by atoms with Crippen LogP contribution in [0.1, 0.15) is 0 Å². The number of hydrogen-bond donors (Lipinski definition) is 0. The third-order valence-corrected chi connectivity index (χ3v) is 9.87. The average Bonchev–Trinajstić information content (AvgIpc) is 3.77. The predicted octanol–water partition coefficient (Wildman–Crippen LogP) is 14.0. The first-order valence-electron chi connectivity index (χ1n) is 17.2. The molecule has 2 heterocycles. The highest BCUT2D eigenvalue weighted by Crippen LogP contribution is 2.45. The number of hydrogen-bond acceptors (Lipinski definition) is 3. The Labute approximate surface area is 295 Å². The zero-order valence-electron chi connectivity index (χ0n) is 27.7. The van der Waals surface area contributed by atoms with Gasteiger partial charge in [-0.1, -0.05) is 127 Å². The molecule has 3 heteroatoms. The number of anilines is 3. The van der Waals surface area contributed by atoms with Crippen molar-refractivity contribution in [2.24, 2.45) is 0 Å². The SMILES string of the molecule is c1ccc(-c2ccc(N(c3ccc(-c4ccccc4)cc3)c3cc(-c4ccc5oc6ccccc6c5c4)cc4c3oc3ccccc34)cc2)cc1. The molecule has 3 nitrogen and oxygen atoms in total. The molecule has 51 heavy (non-hydrogen) atoms. The topological polar surface area (TPSA) is 29.5 Å². The molecule has 0 bridgehead atoms. The molecule has 10 rings (SSSR count). The van der Waals surface area contributed by atoms with Gasteiger partial charge in [0, 0.05) is 32.9 Å². The zero-order chi connectivity index (χ0) is 33.7. The van der Waals surface area contributed by atoms with Crippen LogP contribution >= 0.6 is 0 Å². The number of rotatable bonds is 6. The van der Waals surface area contributed by atoms with Crippen molar-refractivity contribution in [2.75, 3.05) is 4.90 Å². The standard InChI is InChI=1S/C48H31NO2/c1-3-11-32(12-4-1)34-19-24-38(25-20-34)49(39-26-21-35(22-27-39)33-13-5-2-6-14-33)44-31-37(30-43-41-16-8-10-18-46(41)51-48(43)44)36-23-28-47-42(29-36)40-15-7-9-17-45(40)50-47/h1-31H. The van der Waals surface area contributed by atoms with Crippen LogP contribution < -0.4 is 4.90 Å². The second-order valence-electron chi connectivity index (χ2n) is 12.9. The highest BCUT2D eigenvalue weighted by atomic mass is 16.3. The lowest BCUT2D eigenvalue weighted by Crippen LogP contribution is -2.10. The van der Waals surface area contributed by atoms with E-state index < -0.39 is 0 Å². The van der Waals surface area contributed by atoms with Crippen molar-refractivity contribution < 1.29 is 8.83 Å².